The van der Waals surface area contributed by atoms with Crippen molar-refractivity contribution in [2.75, 3.05) is 13.1 Å². The van der Waals surface area contributed by atoms with E-state index in [4.69, 9.17) is 9.84 Å². The number of carboxylic acids is 1. The first-order valence-electron chi connectivity index (χ1n) is 10.2. The van der Waals surface area contributed by atoms with E-state index in [-0.39, 0.29) is 36.9 Å². The summed E-state index contributed by atoms with van der Waals surface area (Å²) in [6, 6.07) is 12.0. The third-order valence-corrected chi connectivity index (χ3v) is 5.25. The lowest BCUT2D eigenvalue weighted by Crippen LogP contribution is -2.34. The molecule has 0 aromatic heterocycles. The first kappa shape index (κ1) is 22.3. The molecular formula is C23H25FN2O5. The maximum Gasteiger partial charge on any atom is 0.306 e. The highest BCUT2D eigenvalue weighted by Gasteiger charge is 2.26. The quantitative estimate of drug-likeness (QED) is 0.561. The predicted molar refractivity (Wildman–Crippen MR) is 112 cm³/mol. The number of carbonyl (C=O) groups excluding carboxylic acids is 2. The lowest BCUT2D eigenvalue weighted by molar-refractivity contribution is -0.143. The lowest BCUT2D eigenvalue weighted by Gasteiger charge is -2.26. The summed E-state index contributed by atoms with van der Waals surface area (Å²) in [7, 11) is 0. The molecule has 2 amide bonds. The number of hydrogen-bond donors (Lipinski definition) is 3. The highest BCUT2D eigenvalue weighted by atomic mass is 19.1. The van der Waals surface area contributed by atoms with Crippen molar-refractivity contribution in [1.29, 1.82) is 0 Å². The molecule has 164 valence electrons. The fourth-order valence-electron chi connectivity index (χ4n) is 3.46. The summed E-state index contributed by atoms with van der Waals surface area (Å²) in [6.45, 7) is 0.485. The van der Waals surface area contributed by atoms with Gasteiger partial charge in [0.2, 0.25) is 0 Å². The van der Waals surface area contributed by atoms with E-state index in [1.54, 1.807) is 24.3 Å². The topological polar surface area (TPSA) is 105 Å². The third-order valence-electron chi connectivity index (χ3n) is 5.25. The van der Waals surface area contributed by atoms with E-state index in [9.17, 15) is 18.8 Å². The van der Waals surface area contributed by atoms with Crippen LogP contribution in [0, 0.1) is 11.7 Å². The average molecular weight is 428 g/mol. The summed E-state index contributed by atoms with van der Waals surface area (Å²) >= 11 is 0. The lowest BCUT2D eigenvalue weighted by atomic mass is 9.87. The van der Waals surface area contributed by atoms with E-state index in [2.05, 4.69) is 10.6 Å². The molecule has 3 N–H and O–H groups in total. The summed E-state index contributed by atoms with van der Waals surface area (Å²) in [5.41, 5.74) is 0.812. The van der Waals surface area contributed by atoms with Crippen LogP contribution in [0.5, 0.6) is 5.75 Å². The Morgan fingerprint density at radius 1 is 0.839 bits per heavy atom. The number of ether oxygens (including phenoxy) is 1. The van der Waals surface area contributed by atoms with Crippen LogP contribution in [0.2, 0.25) is 0 Å². The number of amides is 2. The molecule has 3 rings (SSSR count). The van der Waals surface area contributed by atoms with Crippen molar-refractivity contribution in [2.45, 2.75) is 31.8 Å². The van der Waals surface area contributed by atoms with E-state index in [1.807, 2.05) is 0 Å². The molecule has 0 heterocycles. The highest BCUT2D eigenvalue weighted by Crippen LogP contribution is 2.28. The molecule has 7 nitrogen and oxygen atoms in total. The Morgan fingerprint density at radius 2 is 1.32 bits per heavy atom. The Kier molecular flexibility index (Phi) is 7.59. The Balaban J connectivity index is 1.38. The van der Waals surface area contributed by atoms with Crippen LogP contribution < -0.4 is 15.4 Å². The number of aliphatic carboxylic acids is 1. The number of nitrogens with one attached hydrogen (secondary N) is 2. The van der Waals surface area contributed by atoms with Crippen LogP contribution in [-0.4, -0.2) is 42.1 Å². The number of halogens is 1. The normalized spacial score (nSPS) is 18.1. The zero-order chi connectivity index (χ0) is 22.2. The second-order valence-corrected chi connectivity index (χ2v) is 7.47. The number of carboxylic acid groups (broad SMARTS) is 1. The molecule has 0 unspecified atom stereocenters. The van der Waals surface area contributed by atoms with Gasteiger partial charge in [0, 0.05) is 24.2 Å². The van der Waals surface area contributed by atoms with E-state index >= 15 is 0 Å². The van der Waals surface area contributed by atoms with Gasteiger partial charge in [-0.25, -0.2) is 4.39 Å². The molecule has 1 aliphatic carbocycles. The predicted octanol–water partition coefficient (Wildman–Crippen LogP) is 3.01. The minimum atomic E-state index is -0.746. The molecule has 2 aromatic carbocycles. The molecule has 0 bridgehead atoms. The Bertz CT molecular complexity index is 907. The van der Waals surface area contributed by atoms with Gasteiger partial charge in [-0.2, -0.15) is 0 Å². The third kappa shape index (κ3) is 6.53. The zero-order valence-corrected chi connectivity index (χ0v) is 17.0. The molecule has 1 saturated carbocycles. The second kappa shape index (κ2) is 10.6. The van der Waals surface area contributed by atoms with Gasteiger partial charge < -0.3 is 20.5 Å². The van der Waals surface area contributed by atoms with Crippen LogP contribution in [0.3, 0.4) is 0 Å². The van der Waals surface area contributed by atoms with E-state index < -0.39 is 11.8 Å². The van der Waals surface area contributed by atoms with Crippen molar-refractivity contribution in [1.82, 2.24) is 10.6 Å². The number of carbonyl (C=O) groups is 3. The number of benzene rings is 2. The summed E-state index contributed by atoms with van der Waals surface area (Å²) in [5, 5.41) is 14.4. The van der Waals surface area contributed by atoms with Crippen molar-refractivity contribution in [3.05, 3.63) is 65.5 Å². The minimum Gasteiger partial charge on any atom is -0.490 e. The monoisotopic (exact) mass is 428 g/mol. The van der Waals surface area contributed by atoms with Crippen molar-refractivity contribution < 1.29 is 28.6 Å². The van der Waals surface area contributed by atoms with Gasteiger partial charge in [0.15, 0.2) is 0 Å². The largest absolute Gasteiger partial charge is 0.490 e. The zero-order valence-electron chi connectivity index (χ0n) is 17.0. The van der Waals surface area contributed by atoms with E-state index in [0.717, 1.165) is 0 Å². The second-order valence-electron chi connectivity index (χ2n) is 7.47. The van der Waals surface area contributed by atoms with E-state index in [0.29, 0.717) is 42.6 Å². The van der Waals surface area contributed by atoms with Crippen LogP contribution in [0.1, 0.15) is 46.4 Å². The van der Waals surface area contributed by atoms with Gasteiger partial charge in [-0.05, 0) is 74.2 Å². The molecule has 0 aliphatic heterocycles. The van der Waals surface area contributed by atoms with E-state index in [1.165, 1.54) is 24.3 Å². The van der Waals surface area contributed by atoms with Gasteiger partial charge in [0.1, 0.15) is 11.6 Å². The molecule has 1 aliphatic rings. The van der Waals surface area contributed by atoms with Crippen LogP contribution >= 0.6 is 0 Å². The van der Waals surface area contributed by atoms with Gasteiger partial charge >= 0.3 is 5.97 Å². The van der Waals surface area contributed by atoms with Crippen molar-refractivity contribution >= 4 is 17.8 Å². The summed E-state index contributed by atoms with van der Waals surface area (Å²) in [5.74, 6) is -1.42. The smallest absolute Gasteiger partial charge is 0.306 e. The van der Waals surface area contributed by atoms with Crippen LogP contribution in [0.15, 0.2) is 48.5 Å². The molecule has 0 atom stereocenters. The number of hydrogen-bond acceptors (Lipinski definition) is 4. The van der Waals surface area contributed by atoms with Gasteiger partial charge in [-0.15, -0.1) is 0 Å². The highest BCUT2D eigenvalue weighted by molar-refractivity contribution is 5.95. The van der Waals surface area contributed by atoms with Gasteiger partial charge in [-0.3, -0.25) is 14.4 Å². The van der Waals surface area contributed by atoms with Crippen LogP contribution in [-0.2, 0) is 4.79 Å². The maximum absolute atomic E-state index is 12.9. The Labute approximate surface area is 179 Å². The van der Waals surface area contributed by atoms with Crippen molar-refractivity contribution in [2.24, 2.45) is 5.92 Å². The summed E-state index contributed by atoms with van der Waals surface area (Å²) in [6.07, 6.45) is 2.60. The van der Waals surface area contributed by atoms with Crippen molar-refractivity contribution in [3.8, 4) is 5.75 Å². The molecule has 0 spiro atoms. The number of rotatable bonds is 8. The first-order chi connectivity index (χ1) is 14.9. The first-order valence-corrected chi connectivity index (χ1v) is 10.2. The summed E-state index contributed by atoms with van der Waals surface area (Å²) in [4.78, 5) is 35.2. The fraction of sp³-hybridized carbons (Fsp3) is 0.348. The minimum absolute atomic E-state index is 0.0139. The summed E-state index contributed by atoms with van der Waals surface area (Å²) < 4.78 is 18.8. The average Bonchev–Trinajstić information content (AvgIpc) is 2.78. The van der Waals surface area contributed by atoms with Crippen LogP contribution in [0.25, 0.3) is 0 Å². The maximum atomic E-state index is 12.9. The fourth-order valence-corrected chi connectivity index (χ4v) is 3.46. The SMILES string of the molecule is O=C(NCCNC(=O)c1ccc(OC2CCC(C(=O)O)CC2)cc1)c1ccc(F)cc1. The molecule has 31 heavy (non-hydrogen) atoms. The Hall–Kier alpha value is -3.42. The standard InChI is InChI=1S/C23H25FN2O5/c24-18-7-1-15(2-8-18)21(27)25-13-14-26-22(28)16-3-9-19(10-4-16)31-20-11-5-17(6-12-20)23(29)30/h1-4,7-10,17,20H,5-6,11-14H2,(H,25,27)(H,26,28)(H,29,30). The van der Waals surface area contributed by atoms with Crippen molar-refractivity contribution in [3.63, 3.8) is 0 Å². The molecular weight excluding hydrogens is 403 g/mol. The Morgan fingerprint density at radius 3 is 1.81 bits per heavy atom. The molecule has 2 aromatic rings. The van der Waals surface area contributed by atoms with Gasteiger partial charge in [0.25, 0.3) is 11.8 Å². The molecule has 0 saturated heterocycles. The molecule has 0 radical (unpaired) electrons. The van der Waals surface area contributed by atoms with Crippen LogP contribution in [0.4, 0.5) is 4.39 Å². The van der Waals surface area contributed by atoms with Gasteiger partial charge in [-0.1, -0.05) is 0 Å². The molecule has 1 fully saturated rings. The van der Waals surface area contributed by atoms with Gasteiger partial charge in [0.05, 0.1) is 12.0 Å². The molecule has 8 heteroatoms.